The molecule has 0 amide bonds. The highest BCUT2D eigenvalue weighted by Gasteiger charge is 2.49. The summed E-state index contributed by atoms with van der Waals surface area (Å²) in [5.41, 5.74) is 2.20. The van der Waals surface area contributed by atoms with Crippen LogP contribution in [-0.4, -0.2) is 44.9 Å². The van der Waals surface area contributed by atoms with E-state index in [0.717, 1.165) is 42.8 Å². The summed E-state index contributed by atoms with van der Waals surface area (Å²) in [5.74, 6) is 1.74. The van der Waals surface area contributed by atoms with Gasteiger partial charge in [-0.1, -0.05) is 24.3 Å². The van der Waals surface area contributed by atoms with E-state index < -0.39 is 11.2 Å². The second-order valence-electron chi connectivity index (χ2n) is 8.69. The molecule has 4 heterocycles. The van der Waals surface area contributed by atoms with Crippen LogP contribution in [0.4, 0.5) is 0 Å². The fraction of sp³-hybridized carbons (Fsp3) is 0.458. The van der Waals surface area contributed by atoms with Gasteiger partial charge in [-0.25, -0.2) is 4.98 Å². The van der Waals surface area contributed by atoms with Gasteiger partial charge in [-0.05, 0) is 43.4 Å². The molecule has 1 saturated heterocycles. The molecular weight excluding hydrogens is 428 g/mol. The molecule has 1 unspecified atom stereocenters. The molecule has 7 nitrogen and oxygen atoms in total. The number of rotatable bonds is 3. The van der Waals surface area contributed by atoms with Crippen LogP contribution in [0.15, 0.2) is 48.7 Å². The van der Waals surface area contributed by atoms with E-state index in [1.807, 2.05) is 30.3 Å². The molecule has 1 aromatic carbocycles. The van der Waals surface area contributed by atoms with Crippen molar-refractivity contribution in [2.24, 2.45) is 0 Å². The SMILES string of the molecule is ClC1c2nnc(C3CCC(Oc4ccccn4)CC3)n2-c2ccccc2CC12OCCO2. The molecule has 0 N–H and O–H groups in total. The van der Waals surface area contributed by atoms with E-state index in [-0.39, 0.29) is 12.0 Å². The second kappa shape index (κ2) is 8.14. The van der Waals surface area contributed by atoms with E-state index in [1.54, 1.807) is 6.20 Å². The summed E-state index contributed by atoms with van der Waals surface area (Å²) < 4.78 is 20.3. The lowest BCUT2D eigenvalue weighted by Crippen LogP contribution is -2.37. The van der Waals surface area contributed by atoms with Crippen molar-refractivity contribution in [3.05, 3.63) is 65.9 Å². The maximum Gasteiger partial charge on any atom is 0.213 e. The average Bonchev–Trinajstić information content (AvgIpc) is 3.46. The van der Waals surface area contributed by atoms with Crippen LogP contribution in [0.5, 0.6) is 5.88 Å². The van der Waals surface area contributed by atoms with Crippen LogP contribution >= 0.6 is 11.6 Å². The lowest BCUT2D eigenvalue weighted by molar-refractivity contribution is -0.159. The van der Waals surface area contributed by atoms with E-state index in [9.17, 15) is 0 Å². The third-order valence-corrected chi connectivity index (χ3v) is 7.26. The van der Waals surface area contributed by atoms with Crippen molar-refractivity contribution >= 4 is 11.6 Å². The molecular formula is C24H25ClN4O3. The Morgan fingerprint density at radius 2 is 1.69 bits per heavy atom. The summed E-state index contributed by atoms with van der Waals surface area (Å²) in [4.78, 5) is 4.29. The molecule has 6 rings (SSSR count). The average molecular weight is 453 g/mol. The molecule has 2 aromatic heterocycles. The summed E-state index contributed by atoms with van der Waals surface area (Å²) >= 11 is 6.97. The van der Waals surface area contributed by atoms with Crippen molar-refractivity contribution in [2.45, 2.75) is 55.3 Å². The predicted molar refractivity (Wildman–Crippen MR) is 118 cm³/mol. The van der Waals surface area contributed by atoms with Gasteiger partial charge in [0.15, 0.2) is 11.6 Å². The van der Waals surface area contributed by atoms with Crippen LogP contribution < -0.4 is 4.74 Å². The van der Waals surface area contributed by atoms with Crippen LogP contribution in [-0.2, 0) is 15.9 Å². The number of nitrogens with zero attached hydrogens (tertiary/aromatic N) is 4. The number of fused-ring (bicyclic) bond motifs is 3. The zero-order valence-corrected chi connectivity index (χ0v) is 18.4. The molecule has 2 aliphatic heterocycles. The first-order valence-electron chi connectivity index (χ1n) is 11.3. The van der Waals surface area contributed by atoms with E-state index in [2.05, 4.69) is 31.9 Å². The number of halogens is 1. The van der Waals surface area contributed by atoms with Gasteiger partial charge in [0.2, 0.25) is 5.88 Å². The number of hydrogen-bond acceptors (Lipinski definition) is 6. The Hall–Kier alpha value is -2.48. The largest absolute Gasteiger partial charge is 0.474 e. The first-order chi connectivity index (χ1) is 15.7. The summed E-state index contributed by atoms with van der Waals surface area (Å²) in [6.45, 7) is 1.07. The van der Waals surface area contributed by atoms with Crippen LogP contribution in [0.2, 0.25) is 0 Å². The first-order valence-corrected chi connectivity index (χ1v) is 11.7. The van der Waals surface area contributed by atoms with Gasteiger partial charge < -0.3 is 14.2 Å². The summed E-state index contributed by atoms with van der Waals surface area (Å²) in [6.07, 6.45) is 6.37. The van der Waals surface area contributed by atoms with Gasteiger partial charge in [0, 0.05) is 24.6 Å². The minimum absolute atomic E-state index is 0.171. The van der Waals surface area contributed by atoms with E-state index in [4.69, 9.17) is 25.8 Å². The number of hydrogen-bond donors (Lipinski definition) is 0. The van der Waals surface area contributed by atoms with Crippen molar-refractivity contribution in [2.75, 3.05) is 13.2 Å². The van der Waals surface area contributed by atoms with Crippen LogP contribution in [0.3, 0.4) is 0 Å². The molecule has 166 valence electrons. The van der Waals surface area contributed by atoms with Crippen LogP contribution in [0, 0.1) is 0 Å². The molecule has 1 atom stereocenters. The van der Waals surface area contributed by atoms with Crippen LogP contribution in [0.25, 0.3) is 5.69 Å². The highest BCUT2D eigenvalue weighted by molar-refractivity contribution is 6.21. The quantitative estimate of drug-likeness (QED) is 0.550. The zero-order chi connectivity index (χ0) is 21.5. The first kappa shape index (κ1) is 20.1. The Balaban J connectivity index is 1.30. The van der Waals surface area contributed by atoms with Crippen molar-refractivity contribution < 1.29 is 14.2 Å². The van der Waals surface area contributed by atoms with Crippen molar-refractivity contribution in [1.29, 1.82) is 0 Å². The number of aromatic nitrogens is 4. The molecule has 3 aromatic rings. The molecule has 1 spiro atoms. The Morgan fingerprint density at radius 3 is 2.47 bits per heavy atom. The van der Waals surface area contributed by atoms with Crippen molar-refractivity contribution in [1.82, 2.24) is 19.7 Å². The van der Waals surface area contributed by atoms with Gasteiger partial charge in [-0.3, -0.25) is 4.57 Å². The third kappa shape index (κ3) is 3.39. The van der Waals surface area contributed by atoms with Gasteiger partial charge in [0.05, 0.1) is 18.9 Å². The molecule has 1 aliphatic carbocycles. The molecule has 2 fully saturated rings. The topological polar surface area (TPSA) is 71.3 Å². The number of para-hydroxylation sites is 1. The molecule has 3 aliphatic rings. The summed E-state index contributed by atoms with van der Waals surface area (Å²) in [5, 5.41) is 8.66. The Bertz CT molecular complexity index is 1090. The number of alkyl halides is 1. The van der Waals surface area contributed by atoms with Gasteiger partial charge >= 0.3 is 0 Å². The van der Waals surface area contributed by atoms with E-state index in [0.29, 0.717) is 31.3 Å². The Kier molecular flexibility index (Phi) is 5.12. The zero-order valence-electron chi connectivity index (χ0n) is 17.7. The van der Waals surface area contributed by atoms with E-state index in [1.165, 1.54) is 0 Å². The van der Waals surface area contributed by atoms with Gasteiger partial charge in [0.1, 0.15) is 17.3 Å². The Morgan fingerprint density at radius 1 is 0.938 bits per heavy atom. The lowest BCUT2D eigenvalue weighted by Gasteiger charge is -2.29. The predicted octanol–water partition coefficient (Wildman–Crippen LogP) is 4.35. The molecule has 32 heavy (non-hydrogen) atoms. The molecule has 0 radical (unpaired) electrons. The normalized spacial score (nSPS) is 26.3. The Labute approximate surface area is 191 Å². The molecule has 1 saturated carbocycles. The highest BCUT2D eigenvalue weighted by atomic mass is 35.5. The van der Waals surface area contributed by atoms with E-state index >= 15 is 0 Å². The maximum absolute atomic E-state index is 6.97. The molecule has 0 bridgehead atoms. The highest BCUT2D eigenvalue weighted by Crippen LogP contribution is 2.46. The number of ether oxygens (including phenoxy) is 3. The van der Waals surface area contributed by atoms with Gasteiger partial charge in [0.25, 0.3) is 0 Å². The summed E-state index contributed by atoms with van der Waals surface area (Å²) in [6, 6.07) is 14.1. The fourth-order valence-corrected chi connectivity index (χ4v) is 5.50. The standard InChI is InChI=1S/C24H25ClN4O3/c25-21-23-28-27-22(16-8-10-18(11-9-16)32-20-7-3-4-12-26-20)29(23)19-6-2-1-5-17(19)15-24(21)30-13-14-31-24/h1-7,12,16,18,21H,8-11,13-15H2. The lowest BCUT2D eigenvalue weighted by atomic mass is 9.86. The minimum atomic E-state index is -0.898. The van der Waals surface area contributed by atoms with Crippen molar-refractivity contribution in [3.63, 3.8) is 0 Å². The fourth-order valence-electron chi connectivity index (χ4n) is 5.16. The van der Waals surface area contributed by atoms with Gasteiger partial charge in [-0.15, -0.1) is 21.8 Å². The molecule has 8 heteroatoms. The van der Waals surface area contributed by atoms with Crippen molar-refractivity contribution in [3.8, 4) is 11.6 Å². The number of benzene rings is 1. The monoisotopic (exact) mass is 452 g/mol. The minimum Gasteiger partial charge on any atom is -0.474 e. The van der Waals surface area contributed by atoms with Crippen LogP contribution in [0.1, 0.15) is 54.2 Å². The smallest absolute Gasteiger partial charge is 0.213 e. The third-order valence-electron chi connectivity index (χ3n) is 6.74. The second-order valence-corrected chi connectivity index (χ2v) is 9.12. The summed E-state index contributed by atoms with van der Waals surface area (Å²) in [7, 11) is 0. The maximum atomic E-state index is 6.97. The number of pyridine rings is 1. The van der Waals surface area contributed by atoms with Gasteiger partial charge in [-0.2, -0.15) is 0 Å².